The van der Waals surface area contributed by atoms with E-state index in [9.17, 15) is 14.0 Å². The molecule has 3 heterocycles. The number of amides is 2. The molecule has 0 spiro atoms. The highest BCUT2D eigenvalue weighted by Crippen LogP contribution is 2.37. The fourth-order valence-electron chi connectivity index (χ4n) is 3.76. The lowest BCUT2D eigenvalue weighted by molar-refractivity contribution is -0.107. The van der Waals surface area contributed by atoms with Crippen molar-refractivity contribution in [2.45, 2.75) is 29.7 Å². The molecule has 0 bridgehead atoms. The topological polar surface area (TPSA) is 77.6 Å². The maximum absolute atomic E-state index is 13.4. The molecule has 2 aromatic rings. The van der Waals surface area contributed by atoms with Gasteiger partial charge in [0.1, 0.15) is 12.1 Å². The molecule has 0 radical (unpaired) electrons. The third-order valence-electron chi connectivity index (χ3n) is 5.61. The average molecular weight is 490 g/mol. The van der Waals surface area contributed by atoms with Crippen LogP contribution in [0, 0.1) is 5.82 Å². The van der Waals surface area contributed by atoms with Crippen molar-refractivity contribution in [2.24, 2.45) is 0 Å². The zero-order valence-corrected chi connectivity index (χ0v) is 19.8. The van der Waals surface area contributed by atoms with Gasteiger partial charge in [0.2, 0.25) is 0 Å². The first-order chi connectivity index (χ1) is 15.9. The molecule has 2 aliphatic heterocycles. The summed E-state index contributed by atoms with van der Waals surface area (Å²) in [6, 6.07) is 6.22. The first kappa shape index (κ1) is 23.4. The van der Waals surface area contributed by atoms with Gasteiger partial charge in [0.25, 0.3) is 0 Å². The van der Waals surface area contributed by atoms with Gasteiger partial charge in [-0.25, -0.2) is 9.18 Å². The second kappa shape index (κ2) is 10.4. The van der Waals surface area contributed by atoms with Crippen molar-refractivity contribution in [3.8, 4) is 0 Å². The molecule has 0 fully saturated rings. The fraction of sp³-hybridized carbons (Fsp3) is 0.348. The predicted molar refractivity (Wildman–Crippen MR) is 130 cm³/mol. The fourth-order valence-corrected chi connectivity index (χ4v) is 5.08. The molecule has 1 aromatic heterocycles. The number of hydrogen-bond donors (Lipinski definition) is 2. The number of carbonyl (C=O) groups excluding carboxylic acids is 2. The summed E-state index contributed by atoms with van der Waals surface area (Å²) in [5, 5.41) is 6.68. The van der Waals surface area contributed by atoms with Crippen molar-refractivity contribution in [3.63, 3.8) is 0 Å². The van der Waals surface area contributed by atoms with Gasteiger partial charge in [-0.1, -0.05) is 29.4 Å². The lowest BCUT2D eigenvalue weighted by Gasteiger charge is -2.28. The summed E-state index contributed by atoms with van der Waals surface area (Å²) in [6.07, 6.45) is 6.63. The quantitative estimate of drug-likeness (QED) is 0.437. The number of aromatic nitrogens is 1. The number of rotatable bonds is 7. The van der Waals surface area contributed by atoms with Crippen molar-refractivity contribution >= 4 is 52.6 Å². The number of pyridine rings is 1. The molecule has 2 amide bonds. The maximum atomic E-state index is 13.4. The molecular weight excluding hydrogens is 465 g/mol. The number of unbranched alkanes of at least 4 members (excludes halogenated alkanes) is 1. The smallest absolute Gasteiger partial charge is 0.319 e. The molecule has 1 atom stereocenters. The highest BCUT2D eigenvalue weighted by atomic mass is 35.5. The van der Waals surface area contributed by atoms with Crippen LogP contribution in [0.25, 0.3) is 5.57 Å². The van der Waals surface area contributed by atoms with Crippen molar-refractivity contribution in [1.29, 1.82) is 0 Å². The van der Waals surface area contributed by atoms with Crippen LogP contribution in [-0.2, 0) is 4.79 Å². The molecule has 1 aromatic carbocycles. The molecule has 2 N–H and O–H groups in total. The van der Waals surface area contributed by atoms with E-state index >= 15 is 0 Å². The predicted octanol–water partition coefficient (Wildman–Crippen LogP) is 4.59. The second-order valence-electron chi connectivity index (χ2n) is 7.91. The van der Waals surface area contributed by atoms with Crippen LogP contribution in [0.15, 0.2) is 41.4 Å². The number of aldehydes is 1. The number of nitrogens with zero attached hydrogens (tertiary/aromatic N) is 3. The largest absolute Gasteiger partial charge is 0.373 e. The van der Waals surface area contributed by atoms with Crippen LogP contribution < -0.4 is 15.5 Å². The van der Waals surface area contributed by atoms with E-state index in [1.807, 2.05) is 24.1 Å². The zero-order valence-electron chi connectivity index (χ0n) is 18.2. The van der Waals surface area contributed by atoms with E-state index in [1.54, 1.807) is 17.2 Å². The average Bonchev–Trinajstić information content (AvgIpc) is 3.20. The molecule has 2 aliphatic rings. The van der Waals surface area contributed by atoms with Crippen LogP contribution in [0.2, 0.25) is 5.02 Å². The second-order valence-corrected chi connectivity index (χ2v) is 9.47. The minimum Gasteiger partial charge on any atom is -0.373 e. The van der Waals surface area contributed by atoms with Crippen LogP contribution in [0.4, 0.5) is 20.6 Å². The van der Waals surface area contributed by atoms with E-state index in [4.69, 9.17) is 11.6 Å². The van der Waals surface area contributed by atoms with Crippen LogP contribution in [0.5, 0.6) is 0 Å². The number of nitrogens with one attached hydrogen (secondary N) is 2. The van der Waals surface area contributed by atoms with Crippen LogP contribution in [0.1, 0.15) is 25.0 Å². The molecular formula is C23H25ClFN5O2S. The molecule has 0 aliphatic carbocycles. The summed E-state index contributed by atoms with van der Waals surface area (Å²) in [4.78, 5) is 32.3. The Morgan fingerprint density at radius 2 is 2.30 bits per heavy atom. The Morgan fingerprint density at radius 3 is 3.03 bits per heavy atom. The molecule has 7 nitrogen and oxygen atoms in total. The Bertz CT molecular complexity index is 1080. The number of benzene rings is 1. The minimum absolute atomic E-state index is 0.185. The Labute approximate surface area is 201 Å². The highest BCUT2D eigenvalue weighted by Gasteiger charge is 2.26. The van der Waals surface area contributed by atoms with Crippen LogP contribution in [-0.4, -0.2) is 54.4 Å². The Kier molecular flexibility index (Phi) is 7.39. The Balaban J connectivity index is 1.33. The maximum Gasteiger partial charge on any atom is 0.319 e. The van der Waals surface area contributed by atoms with Gasteiger partial charge in [-0.05, 0) is 42.7 Å². The summed E-state index contributed by atoms with van der Waals surface area (Å²) < 4.78 is 13.4. The summed E-state index contributed by atoms with van der Waals surface area (Å²) >= 11 is 7.90. The van der Waals surface area contributed by atoms with E-state index in [0.29, 0.717) is 31.0 Å². The van der Waals surface area contributed by atoms with Gasteiger partial charge in [-0.3, -0.25) is 4.98 Å². The van der Waals surface area contributed by atoms with E-state index in [1.165, 1.54) is 23.9 Å². The summed E-state index contributed by atoms with van der Waals surface area (Å²) in [5.41, 5.74) is 3.11. The number of anilines is 2. The number of carbonyl (C=O) groups is 2. The van der Waals surface area contributed by atoms with Crippen molar-refractivity contribution in [3.05, 3.63) is 53.1 Å². The number of hydrogen-bond acceptors (Lipinski definition) is 6. The van der Waals surface area contributed by atoms with Gasteiger partial charge in [0.05, 0.1) is 28.3 Å². The number of halogens is 2. The van der Waals surface area contributed by atoms with Crippen molar-refractivity contribution < 1.29 is 14.0 Å². The van der Waals surface area contributed by atoms with Crippen LogP contribution >= 0.6 is 23.4 Å². The van der Waals surface area contributed by atoms with Gasteiger partial charge in [0.15, 0.2) is 5.50 Å². The number of urea groups is 1. The summed E-state index contributed by atoms with van der Waals surface area (Å²) in [5.74, 6) is -0.298. The number of fused-ring (bicyclic) bond motifs is 1. The van der Waals surface area contributed by atoms with Crippen molar-refractivity contribution in [1.82, 2.24) is 15.2 Å². The van der Waals surface area contributed by atoms with Crippen molar-refractivity contribution in [2.75, 3.05) is 36.9 Å². The zero-order chi connectivity index (χ0) is 23.4. The van der Waals surface area contributed by atoms with E-state index in [0.717, 1.165) is 46.8 Å². The number of thioether (sulfide) groups is 1. The lowest BCUT2D eigenvalue weighted by atomic mass is 10.0. The molecule has 174 valence electrons. The molecule has 4 rings (SSSR count). The molecule has 10 heteroatoms. The van der Waals surface area contributed by atoms with E-state index < -0.39 is 0 Å². The lowest BCUT2D eigenvalue weighted by Crippen LogP contribution is -2.46. The molecule has 0 saturated carbocycles. The molecule has 0 saturated heterocycles. The Morgan fingerprint density at radius 1 is 1.45 bits per heavy atom. The third kappa shape index (κ3) is 5.59. The first-order valence-corrected chi connectivity index (χ1v) is 12.0. The van der Waals surface area contributed by atoms with Crippen LogP contribution in [0.3, 0.4) is 0 Å². The Hall–Kier alpha value is -2.78. The normalized spacial score (nSPS) is 17.1. The SMILES string of the molecule is CN(CCCC=O)c1cnc(C2=CCN(C(=O)NC3Nc4ccc(F)cc4S3)CC2)c(Cl)c1. The van der Waals surface area contributed by atoms with E-state index in [-0.39, 0.29) is 17.3 Å². The van der Waals surface area contributed by atoms with Gasteiger partial charge in [-0.2, -0.15) is 0 Å². The summed E-state index contributed by atoms with van der Waals surface area (Å²) in [7, 11) is 1.95. The highest BCUT2D eigenvalue weighted by molar-refractivity contribution is 8.00. The van der Waals surface area contributed by atoms with E-state index in [2.05, 4.69) is 15.6 Å². The summed E-state index contributed by atoms with van der Waals surface area (Å²) in [6.45, 7) is 1.74. The molecule has 33 heavy (non-hydrogen) atoms. The monoisotopic (exact) mass is 489 g/mol. The van der Waals surface area contributed by atoms with Gasteiger partial charge in [0, 0.05) is 38.0 Å². The minimum atomic E-state index is -0.341. The van der Waals surface area contributed by atoms with Gasteiger partial charge >= 0.3 is 6.03 Å². The first-order valence-electron chi connectivity index (χ1n) is 10.7. The third-order valence-corrected chi connectivity index (χ3v) is 6.96. The standard InChI is InChI=1S/C23H25ClFN5O2S/c1-29(8-2-3-11-31)17-13-18(24)21(26-14-17)15-6-9-30(10-7-15)23(32)28-22-27-19-5-4-16(25)12-20(19)33-22/h4-6,11-14,22,27H,2-3,7-10H2,1H3,(H,28,32). The molecule has 1 unspecified atom stereocenters. The van der Waals surface area contributed by atoms with Gasteiger partial charge in [-0.15, -0.1) is 0 Å². The van der Waals surface area contributed by atoms with Gasteiger partial charge < -0.3 is 25.2 Å².